The molecule has 0 aromatic heterocycles. The summed E-state index contributed by atoms with van der Waals surface area (Å²) in [5.74, 6) is 0.204. The van der Waals surface area contributed by atoms with E-state index in [0.29, 0.717) is 12.5 Å². The molecule has 0 amide bonds. The number of rotatable bonds is 6. The molecule has 0 heterocycles. The minimum absolute atomic E-state index is 0.221. The predicted molar refractivity (Wildman–Crippen MR) is 56.5 cm³/mol. The van der Waals surface area contributed by atoms with Crippen molar-refractivity contribution in [3.05, 3.63) is 0 Å². The Kier molecular flexibility index (Phi) is 6.72. The average molecular weight is 212 g/mol. The topological polar surface area (TPSA) is 104 Å². The molecule has 0 spiro atoms. The molecule has 0 aromatic carbocycles. The highest BCUT2D eigenvalue weighted by atomic mass is 16.6. The summed E-state index contributed by atoms with van der Waals surface area (Å²) < 4.78 is 0. The average Bonchev–Trinajstić information content (AvgIpc) is 2.27. The molecule has 0 rings (SSSR count). The van der Waals surface area contributed by atoms with E-state index < -0.39 is 0 Å². The normalized spacial score (nSPS) is 14.5. The number of oxime groups is 2. The molecule has 0 aliphatic heterocycles. The third-order valence-corrected chi connectivity index (χ3v) is 2.01. The van der Waals surface area contributed by atoms with Crippen molar-refractivity contribution >= 4 is 11.5 Å². The van der Waals surface area contributed by atoms with Crippen LogP contribution in [0.5, 0.6) is 0 Å². The van der Waals surface area contributed by atoms with Crippen LogP contribution in [0.25, 0.3) is 0 Å². The summed E-state index contributed by atoms with van der Waals surface area (Å²) in [6.07, 6.45) is 1.92. The second-order valence-corrected chi connectivity index (χ2v) is 3.17. The van der Waals surface area contributed by atoms with Gasteiger partial charge in [0.1, 0.15) is 12.7 Å². The van der Waals surface area contributed by atoms with Gasteiger partial charge in [0.25, 0.3) is 0 Å². The molecule has 0 saturated heterocycles. The van der Waals surface area contributed by atoms with E-state index in [2.05, 4.69) is 24.2 Å². The highest BCUT2D eigenvalue weighted by Gasteiger charge is 2.05. The Morgan fingerprint density at radius 2 is 2.33 bits per heavy atom. The minimum atomic E-state index is -0.346. The Bertz CT molecular complexity index is 280. The van der Waals surface area contributed by atoms with Crippen LogP contribution in [0.1, 0.15) is 26.7 Å². The first-order valence-electron chi connectivity index (χ1n) is 4.73. The molecule has 0 bridgehead atoms. The number of hydrogen-bond donors (Lipinski definition) is 2. The van der Waals surface area contributed by atoms with Crippen molar-refractivity contribution in [2.45, 2.75) is 26.7 Å². The van der Waals surface area contributed by atoms with Crippen LogP contribution in [0.15, 0.2) is 10.3 Å². The fourth-order valence-corrected chi connectivity index (χ4v) is 0.740. The third-order valence-electron chi connectivity index (χ3n) is 2.01. The van der Waals surface area contributed by atoms with Crippen LogP contribution in [0.4, 0.5) is 0 Å². The van der Waals surface area contributed by atoms with Gasteiger partial charge in [-0.2, -0.15) is 5.26 Å². The van der Waals surface area contributed by atoms with Gasteiger partial charge in [0.15, 0.2) is 0 Å². The predicted octanol–water partition coefficient (Wildman–Crippen LogP) is 1.07. The van der Waals surface area contributed by atoms with Gasteiger partial charge in [-0.3, -0.25) is 0 Å². The maximum Gasteiger partial charge on any atom is 0.224 e. The number of amidine groups is 1. The van der Waals surface area contributed by atoms with Gasteiger partial charge in [0.05, 0.1) is 0 Å². The Labute approximate surface area is 89.0 Å². The van der Waals surface area contributed by atoms with Gasteiger partial charge in [-0.25, -0.2) is 0 Å². The van der Waals surface area contributed by atoms with Gasteiger partial charge in [0.2, 0.25) is 11.5 Å². The monoisotopic (exact) mass is 212 g/mol. The molecule has 0 aliphatic rings. The lowest BCUT2D eigenvalue weighted by Crippen LogP contribution is -2.22. The molecule has 1 unspecified atom stereocenters. The molecule has 0 radical (unpaired) electrons. The summed E-state index contributed by atoms with van der Waals surface area (Å²) in [6.45, 7) is 4.60. The molecule has 6 heteroatoms. The van der Waals surface area contributed by atoms with E-state index in [-0.39, 0.29) is 11.5 Å². The van der Waals surface area contributed by atoms with E-state index in [1.807, 2.05) is 0 Å². The maximum atomic E-state index is 8.55. The van der Waals surface area contributed by atoms with E-state index in [1.165, 1.54) is 0 Å². The van der Waals surface area contributed by atoms with Gasteiger partial charge in [-0.05, 0) is 12.3 Å². The second-order valence-electron chi connectivity index (χ2n) is 3.17. The Morgan fingerprint density at radius 3 is 2.80 bits per heavy atom. The highest BCUT2D eigenvalue weighted by molar-refractivity contribution is 6.46. The van der Waals surface area contributed by atoms with Crippen molar-refractivity contribution in [3.8, 4) is 6.07 Å². The fourth-order valence-electron chi connectivity index (χ4n) is 0.740. The first-order valence-corrected chi connectivity index (χ1v) is 4.73. The smallest absolute Gasteiger partial charge is 0.224 e. The van der Waals surface area contributed by atoms with Crippen LogP contribution in [0, 0.1) is 17.2 Å². The van der Waals surface area contributed by atoms with Crippen molar-refractivity contribution in [3.63, 3.8) is 0 Å². The summed E-state index contributed by atoms with van der Waals surface area (Å²) in [7, 11) is 0. The van der Waals surface area contributed by atoms with E-state index >= 15 is 0 Å². The zero-order valence-electron chi connectivity index (χ0n) is 8.97. The van der Waals surface area contributed by atoms with Crippen LogP contribution < -0.4 is 5.73 Å². The molecular formula is C9H16N4O2. The number of nitriles is 1. The van der Waals surface area contributed by atoms with Crippen molar-refractivity contribution in [2.75, 3.05) is 6.61 Å². The van der Waals surface area contributed by atoms with Crippen molar-refractivity contribution < 1.29 is 10.0 Å². The lowest BCUT2D eigenvalue weighted by Gasteiger charge is -2.05. The van der Waals surface area contributed by atoms with E-state index in [4.69, 9.17) is 21.0 Å². The first kappa shape index (κ1) is 13.2. The summed E-state index contributed by atoms with van der Waals surface area (Å²) in [5.41, 5.74) is 4.94. The second kappa shape index (κ2) is 7.62. The molecule has 84 valence electrons. The lowest BCUT2D eigenvalue weighted by molar-refractivity contribution is 0.131. The van der Waals surface area contributed by atoms with E-state index in [9.17, 15) is 0 Å². The highest BCUT2D eigenvalue weighted by Crippen LogP contribution is 2.05. The van der Waals surface area contributed by atoms with Gasteiger partial charge in [-0.1, -0.05) is 30.6 Å². The summed E-state index contributed by atoms with van der Waals surface area (Å²) in [4.78, 5) is 4.88. The van der Waals surface area contributed by atoms with Gasteiger partial charge < -0.3 is 15.8 Å². The molecule has 0 fully saturated rings. The molecule has 0 aromatic rings. The van der Waals surface area contributed by atoms with Crippen molar-refractivity contribution in [1.82, 2.24) is 0 Å². The molecule has 1 atom stereocenters. The SMILES string of the molecule is CCC(C)CCO/N=C(C#N)\C(N)=N/O. The molecule has 0 aliphatic carbocycles. The summed E-state index contributed by atoms with van der Waals surface area (Å²) in [6, 6.07) is 1.66. The zero-order valence-corrected chi connectivity index (χ0v) is 8.97. The first-order chi connectivity index (χ1) is 7.15. The minimum Gasteiger partial charge on any atom is -0.409 e. The largest absolute Gasteiger partial charge is 0.409 e. The Hall–Kier alpha value is -1.77. The fraction of sp³-hybridized carbons (Fsp3) is 0.667. The number of hydrogen-bond acceptors (Lipinski definition) is 5. The third kappa shape index (κ3) is 5.52. The molecular weight excluding hydrogens is 196 g/mol. The maximum absolute atomic E-state index is 8.55. The summed E-state index contributed by atoms with van der Waals surface area (Å²) >= 11 is 0. The zero-order chi connectivity index (χ0) is 11.7. The number of nitrogens with two attached hydrogens (primary N) is 1. The Morgan fingerprint density at radius 1 is 1.67 bits per heavy atom. The van der Waals surface area contributed by atoms with Crippen LogP contribution >= 0.6 is 0 Å². The molecule has 3 N–H and O–H groups in total. The van der Waals surface area contributed by atoms with Gasteiger partial charge in [0, 0.05) is 0 Å². The van der Waals surface area contributed by atoms with Crippen LogP contribution in [-0.2, 0) is 4.84 Å². The van der Waals surface area contributed by atoms with Gasteiger partial charge in [-0.15, -0.1) is 0 Å². The quantitative estimate of drug-likeness (QED) is 0.226. The van der Waals surface area contributed by atoms with Gasteiger partial charge >= 0.3 is 0 Å². The lowest BCUT2D eigenvalue weighted by atomic mass is 10.1. The van der Waals surface area contributed by atoms with Crippen molar-refractivity contribution in [2.24, 2.45) is 22.0 Å². The molecule has 15 heavy (non-hydrogen) atoms. The standard InChI is InChI=1S/C9H16N4O2/c1-3-7(2)4-5-15-13-8(6-10)9(11)12-14/h7,14H,3-5H2,1-2H3,(H2,11,12)/b13-8-. The Balaban J connectivity index is 4.00. The van der Waals surface area contributed by atoms with Crippen LogP contribution in [0.2, 0.25) is 0 Å². The van der Waals surface area contributed by atoms with E-state index in [1.54, 1.807) is 6.07 Å². The summed E-state index contributed by atoms with van der Waals surface area (Å²) in [5, 5.41) is 23.0. The molecule has 6 nitrogen and oxygen atoms in total. The molecule has 0 saturated carbocycles. The van der Waals surface area contributed by atoms with E-state index in [0.717, 1.165) is 12.8 Å². The van der Waals surface area contributed by atoms with Crippen LogP contribution in [-0.4, -0.2) is 23.4 Å². The van der Waals surface area contributed by atoms with Crippen molar-refractivity contribution in [1.29, 1.82) is 5.26 Å². The van der Waals surface area contributed by atoms with Crippen LogP contribution in [0.3, 0.4) is 0 Å². The number of nitrogens with zero attached hydrogens (tertiary/aromatic N) is 3.